The van der Waals surface area contributed by atoms with E-state index in [-0.39, 0.29) is 11.3 Å². The average molecular weight is 484 g/mol. The Kier molecular flexibility index (Phi) is 8.91. The maximum Gasteiger partial charge on any atom is 0.338 e. The van der Waals surface area contributed by atoms with Crippen LogP contribution < -0.4 is 19.5 Å². The fourth-order valence-corrected chi connectivity index (χ4v) is 2.83. The summed E-state index contributed by atoms with van der Waals surface area (Å²) < 4.78 is 36.1. The molecule has 1 amide bonds. The van der Waals surface area contributed by atoms with Crippen LogP contribution in [-0.2, 0) is 9.53 Å². The summed E-state index contributed by atoms with van der Waals surface area (Å²) in [6.07, 6.45) is 0. The van der Waals surface area contributed by atoms with Gasteiger partial charge in [0, 0.05) is 4.47 Å². The number of anilines is 1. The molecule has 0 bridgehead atoms. The molecule has 0 aliphatic carbocycles. The number of hydrogen-bond acceptors (Lipinski definition) is 6. The predicted molar refractivity (Wildman–Crippen MR) is 113 cm³/mol. The number of benzene rings is 2. The van der Waals surface area contributed by atoms with E-state index >= 15 is 0 Å². The third-order valence-electron chi connectivity index (χ3n) is 3.68. The molecular formula is C21H23BrFNO6. The van der Waals surface area contributed by atoms with Gasteiger partial charge in [0.1, 0.15) is 5.82 Å². The van der Waals surface area contributed by atoms with E-state index in [1.54, 1.807) is 19.9 Å². The van der Waals surface area contributed by atoms with Crippen molar-refractivity contribution in [3.05, 3.63) is 46.2 Å². The van der Waals surface area contributed by atoms with E-state index in [2.05, 4.69) is 21.2 Å². The first kappa shape index (κ1) is 23.5. The molecule has 30 heavy (non-hydrogen) atoms. The van der Waals surface area contributed by atoms with Gasteiger partial charge in [-0.3, -0.25) is 4.79 Å². The minimum Gasteiger partial charge on any atom is -0.490 e. The number of nitrogens with one attached hydrogen (secondary N) is 1. The zero-order chi connectivity index (χ0) is 22.1. The van der Waals surface area contributed by atoms with Crippen LogP contribution in [-0.4, -0.2) is 38.3 Å². The Morgan fingerprint density at radius 3 is 2.10 bits per heavy atom. The van der Waals surface area contributed by atoms with E-state index in [1.165, 1.54) is 24.3 Å². The van der Waals surface area contributed by atoms with Gasteiger partial charge in [0.2, 0.25) is 5.75 Å². The zero-order valence-corrected chi connectivity index (χ0v) is 18.5. The van der Waals surface area contributed by atoms with Gasteiger partial charge < -0.3 is 24.3 Å². The Bertz CT molecular complexity index is 878. The van der Waals surface area contributed by atoms with Crippen LogP contribution in [0.5, 0.6) is 17.2 Å². The highest BCUT2D eigenvalue weighted by Gasteiger charge is 2.20. The molecule has 2 aromatic carbocycles. The maximum atomic E-state index is 13.8. The first-order valence-corrected chi connectivity index (χ1v) is 10.2. The first-order chi connectivity index (χ1) is 14.4. The van der Waals surface area contributed by atoms with Crippen molar-refractivity contribution in [1.82, 2.24) is 0 Å². The van der Waals surface area contributed by atoms with Crippen molar-refractivity contribution in [1.29, 1.82) is 0 Å². The van der Waals surface area contributed by atoms with Gasteiger partial charge in [0.05, 0.1) is 31.1 Å². The molecule has 2 rings (SSSR count). The van der Waals surface area contributed by atoms with E-state index in [4.69, 9.17) is 18.9 Å². The second-order valence-electron chi connectivity index (χ2n) is 5.85. The average Bonchev–Trinajstić information content (AvgIpc) is 2.71. The Morgan fingerprint density at radius 1 is 0.967 bits per heavy atom. The lowest BCUT2D eigenvalue weighted by atomic mass is 10.2. The van der Waals surface area contributed by atoms with E-state index in [0.717, 1.165) is 0 Å². The Hall–Kier alpha value is -2.81. The van der Waals surface area contributed by atoms with Gasteiger partial charge in [0.15, 0.2) is 18.1 Å². The maximum absolute atomic E-state index is 13.8. The number of esters is 1. The van der Waals surface area contributed by atoms with Crippen molar-refractivity contribution in [3.63, 3.8) is 0 Å². The third-order valence-corrected chi connectivity index (χ3v) is 4.18. The Labute approximate surface area is 182 Å². The minimum atomic E-state index is -0.758. The predicted octanol–water partition coefficient (Wildman–Crippen LogP) is 4.58. The molecule has 0 spiro atoms. The molecule has 0 aromatic heterocycles. The molecule has 1 N–H and O–H groups in total. The summed E-state index contributed by atoms with van der Waals surface area (Å²) in [5.74, 6) is -0.992. The summed E-state index contributed by atoms with van der Waals surface area (Å²) in [6.45, 7) is 5.92. The molecule has 0 aliphatic rings. The van der Waals surface area contributed by atoms with Gasteiger partial charge in [-0.25, -0.2) is 9.18 Å². The zero-order valence-electron chi connectivity index (χ0n) is 16.9. The SMILES string of the molecule is CCOc1cc(C(=O)OCC(=O)Nc2ccc(Br)cc2F)cc(OCC)c1OCC. The van der Waals surface area contributed by atoms with Gasteiger partial charge in [0.25, 0.3) is 5.91 Å². The topological polar surface area (TPSA) is 83.1 Å². The fourth-order valence-electron chi connectivity index (χ4n) is 2.50. The summed E-state index contributed by atoms with van der Waals surface area (Å²) in [4.78, 5) is 24.5. The van der Waals surface area contributed by atoms with Crippen molar-refractivity contribution >= 4 is 33.5 Å². The summed E-state index contributed by atoms with van der Waals surface area (Å²) in [5, 5.41) is 2.35. The molecule has 7 nitrogen and oxygen atoms in total. The normalized spacial score (nSPS) is 10.3. The van der Waals surface area contributed by atoms with Gasteiger partial charge >= 0.3 is 5.97 Å². The van der Waals surface area contributed by atoms with Crippen molar-refractivity contribution in [2.75, 3.05) is 31.7 Å². The molecule has 0 radical (unpaired) electrons. The van der Waals surface area contributed by atoms with Crippen molar-refractivity contribution in [2.45, 2.75) is 20.8 Å². The quantitative estimate of drug-likeness (QED) is 0.498. The van der Waals surface area contributed by atoms with E-state index < -0.39 is 24.3 Å². The number of ether oxygens (including phenoxy) is 4. The van der Waals surface area contributed by atoms with Gasteiger partial charge in [-0.2, -0.15) is 0 Å². The molecule has 2 aromatic rings. The first-order valence-electron chi connectivity index (χ1n) is 9.38. The summed E-state index contributed by atoms with van der Waals surface area (Å²) in [7, 11) is 0. The molecule has 0 unspecified atom stereocenters. The molecule has 0 atom stereocenters. The van der Waals surface area contributed by atoms with E-state index in [9.17, 15) is 14.0 Å². The number of carbonyl (C=O) groups is 2. The molecule has 162 valence electrons. The van der Waals surface area contributed by atoms with Gasteiger partial charge in [-0.15, -0.1) is 0 Å². The molecule has 9 heteroatoms. The molecular weight excluding hydrogens is 461 g/mol. The number of carbonyl (C=O) groups excluding carboxylic acids is 2. The largest absolute Gasteiger partial charge is 0.490 e. The van der Waals surface area contributed by atoms with Crippen molar-refractivity contribution in [3.8, 4) is 17.2 Å². The van der Waals surface area contributed by atoms with Crippen molar-refractivity contribution < 1.29 is 32.9 Å². The van der Waals surface area contributed by atoms with E-state index in [1.807, 2.05) is 6.92 Å². The molecule has 0 saturated carbocycles. The number of amides is 1. The second-order valence-corrected chi connectivity index (χ2v) is 6.76. The summed E-state index contributed by atoms with van der Waals surface area (Å²) in [6, 6.07) is 7.12. The number of rotatable bonds is 10. The monoisotopic (exact) mass is 483 g/mol. The van der Waals surface area contributed by atoms with Gasteiger partial charge in [-0.05, 0) is 51.1 Å². The lowest BCUT2D eigenvalue weighted by Gasteiger charge is -2.16. The molecule has 0 saturated heterocycles. The summed E-state index contributed by atoms with van der Waals surface area (Å²) in [5.41, 5.74) is 0.116. The second kappa shape index (κ2) is 11.4. The van der Waals surface area contributed by atoms with Crippen LogP contribution in [0.3, 0.4) is 0 Å². The van der Waals surface area contributed by atoms with Crippen LogP contribution in [0.1, 0.15) is 31.1 Å². The van der Waals surface area contributed by atoms with E-state index in [0.29, 0.717) is 41.5 Å². The Morgan fingerprint density at radius 2 is 1.57 bits per heavy atom. The van der Waals surface area contributed by atoms with Crippen LogP contribution >= 0.6 is 15.9 Å². The third kappa shape index (κ3) is 6.35. The fraction of sp³-hybridized carbons (Fsp3) is 0.333. The highest BCUT2D eigenvalue weighted by atomic mass is 79.9. The molecule has 0 aliphatic heterocycles. The van der Waals surface area contributed by atoms with Gasteiger partial charge in [-0.1, -0.05) is 15.9 Å². The number of halogens is 2. The highest BCUT2D eigenvalue weighted by molar-refractivity contribution is 9.10. The van der Waals surface area contributed by atoms with Crippen LogP contribution in [0, 0.1) is 5.82 Å². The Balaban J connectivity index is 2.12. The summed E-state index contributed by atoms with van der Waals surface area (Å²) >= 11 is 3.14. The highest BCUT2D eigenvalue weighted by Crippen LogP contribution is 2.39. The molecule has 0 heterocycles. The van der Waals surface area contributed by atoms with Crippen LogP contribution in [0.25, 0.3) is 0 Å². The van der Waals surface area contributed by atoms with Crippen molar-refractivity contribution in [2.24, 2.45) is 0 Å². The molecule has 0 fully saturated rings. The minimum absolute atomic E-state index is 0.0161. The van der Waals surface area contributed by atoms with Crippen LogP contribution in [0.4, 0.5) is 10.1 Å². The van der Waals surface area contributed by atoms with Crippen LogP contribution in [0.15, 0.2) is 34.8 Å². The smallest absolute Gasteiger partial charge is 0.338 e. The lowest BCUT2D eigenvalue weighted by molar-refractivity contribution is -0.119. The lowest BCUT2D eigenvalue weighted by Crippen LogP contribution is -2.21. The standard InChI is InChI=1S/C21H23BrFNO6/c1-4-27-17-9-13(10-18(28-5-2)20(17)29-6-3)21(26)30-12-19(25)24-16-8-7-14(22)11-15(16)23/h7-11H,4-6,12H2,1-3H3,(H,24,25). The van der Waals surface area contributed by atoms with Crippen LogP contribution in [0.2, 0.25) is 0 Å². The number of hydrogen-bond donors (Lipinski definition) is 1.